The van der Waals surface area contributed by atoms with Crippen LogP contribution in [0.2, 0.25) is 0 Å². The minimum absolute atomic E-state index is 0.0545. The van der Waals surface area contributed by atoms with Crippen molar-refractivity contribution in [2.24, 2.45) is 5.73 Å². The molecule has 0 bridgehead atoms. The molecule has 0 aromatic carbocycles. The molecule has 0 spiro atoms. The molecular weight excluding hydrogens is 176 g/mol. The Morgan fingerprint density at radius 3 is 2.92 bits per heavy atom. The highest BCUT2D eigenvalue weighted by Crippen LogP contribution is 1.97. The van der Waals surface area contributed by atoms with E-state index in [1.165, 1.54) is 0 Å². The molecule has 0 atom stereocenters. The summed E-state index contributed by atoms with van der Waals surface area (Å²) >= 11 is 1.56. The molecule has 0 aliphatic heterocycles. The first-order valence-electron chi connectivity index (χ1n) is 3.87. The maximum Gasteiger partial charge on any atom is 0.229 e. The molecule has 0 saturated heterocycles. The predicted octanol–water partition coefficient (Wildman–Crippen LogP) is -0.559. The largest absolute Gasteiger partial charge is 0.379 e. The first-order chi connectivity index (χ1) is 5.81. The number of carbonyl (C=O) groups excluding carboxylic acids is 1. The maximum absolute atomic E-state index is 10.7. The van der Waals surface area contributed by atoms with Gasteiger partial charge in [0.2, 0.25) is 5.91 Å². The number of nitrogens with two attached hydrogens (primary N) is 1. The average molecular weight is 192 g/mol. The van der Waals surface area contributed by atoms with Gasteiger partial charge in [-0.3, -0.25) is 4.79 Å². The second kappa shape index (κ2) is 8.83. The fraction of sp³-hybridized carbons (Fsp3) is 0.857. The van der Waals surface area contributed by atoms with Crippen molar-refractivity contribution in [1.29, 1.82) is 0 Å². The summed E-state index contributed by atoms with van der Waals surface area (Å²) in [7, 11) is 1.63. The number of thioether (sulfide) groups is 1. The van der Waals surface area contributed by atoms with Gasteiger partial charge in [-0.1, -0.05) is 0 Å². The van der Waals surface area contributed by atoms with Gasteiger partial charge in [-0.25, -0.2) is 0 Å². The number of rotatable bonds is 7. The standard InChI is InChI=1S/C7H16N2O2S/c1-9-7(10)6-12-5-4-11-3-2-8/h2-6,8H2,1H3,(H,9,10). The summed E-state index contributed by atoms with van der Waals surface area (Å²) < 4.78 is 5.12. The van der Waals surface area contributed by atoms with E-state index in [0.717, 1.165) is 5.75 Å². The second-order valence-electron chi connectivity index (χ2n) is 2.13. The summed E-state index contributed by atoms with van der Waals surface area (Å²) in [4.78, 5) is 10.7. The van der Waals surface area contributed by atoms with Crippen LogP contribution in [0.4, 0.5) is 0 Å². The highest BCUT2D eigenvalue weighted by Gasteiger charge is 1.96. The lowest BCUT2D eigenvalue weighted by Gasteiger charge is -2.01. The van der Waals surface area contributed by atoms with Crippen LogP contribution < -0.4 is 11.1 Å². The minimum atomic E-state index is 0.0545. The van der Waals surface area contributed by atoms with Crippen molar-refractivity contribution in [2.75, 3.05) is 38.3 Å². The normalized spacial score (nSPS) is 9.83. The van der Waals surface area contributed by atoms with Gasteiger partial charge < -0.3 is 15.8 Å². The van der Waals surface area contributed by atoms with Crippen molar-refractivity contribution >= 4 is 17.7 Å². The summed E-state index contributed by atoms with van der Waals surface area (Å²) in [5, 5.41) is 2.55. The summed E-state index contributed by atoms with van der Waals surface area (Å²) in [6.07, 6.45) is 0. The van der Waals surface area contributed by atoms with Crippen molar-refractivity contribution in [3.63, 3.8) is 0 Å². The van der Waals surface area contributed by atoms with Crippen molar-refractivity contribution in [2.45, 2.75) is 0 Å². The number of nitrogens with one attached hydrogen (secondary N) is 1. The Bertz CT molecular complexity index is 122. The first kappa shape index (κ1) is 11.7. The molecule has 4 nitrogen and oxygen atoms in total. The lowest BCUT2D eigenvalue weighted by atomic mass is 10.7. The predicted molar refractivity (Wildman–Crippen MR) is 51.3 cm³/mol. The zero-order valence-electron chi connectivity index (χ0n) is 7.34. The smallest absolute Gasteiger partial charge is 0.229 e. The van der Waals surface area contributed by atoms with Gasteiger partial charge in [0.15, 0.2) is 0 Å². The average Bonchev–Trinajstić information content (AvgIpc) is 2.10. The minimum Gasteiger partial charge on any atom is -0.379 e. The summed E-state index contributed by atoms with van der Waals surface area (Å²) in [5.41, 5.74) is 5.22. The molecule has 12 heavy (non-hydrogen) atoms. The molecule has 1 amide bonds. The Labute approximate surface area is 77.2 Å². The van der Waals surface area contributed by atoms with Gasteiger partial charge in [-0.05, 0) is 0 Å². The van der Waals surface area contributed by atoms with Crippen LogP contribution in [0.15, 0.2) is 0 Å². The van der Waals surface area contributed by atoms with Crippen molar-refractivity contribution in [3.05, 3.63) is 0 Å². The van der Waals surface area contributed by atoms with E-state index in [0.29, 0.717) is 25.5 Å². The fourth-order valence-electron chi connectivity index (χ4n) is 0.540. The van der Waals surface area contributed by atoms with E-state index in [4.69, 9.17) is 10.5 Å². The number of hydrogen-bond donors (Lipinski definition) is 2. The molecule has 0 aliphatic carbocycles. The molecule has 0 heterocycles. The monoisotopic (exact) mass is 192 g/mol. The zero-order chi connectivity index (χ0) is 9.23. The molecule has 0 aromatic rings. The van der Waals surface area contributed by atoms with Gasteiger partial charge in [-0.2, -0.15) is 0 Å². The second-order valence-corrected chi connectivity index (χ2v) is 3.23. The van der Waals surface area contributed by atoms with E-state index in [1.807, 2.05) is 0 Å². The third-order valence-corrected chi connectivity index (χ3v) is 2.07. The fourth-order valence-corrected chi connectivity index (χ4v) is 1.25. The SMILES string of the molecule is CNC(=O)CSCCOCCN. The van der Waals surface area contributed by atoms with Crippen molar-refractivity contribution < 1.29 is 9.53 Å². The summed E-state index contributed by atoms with van der Waals surface area (Å²) in [6, 6.07) is 0. The Morgan fingerprint density at radius 2 is 2.33 bits per heavy atom. The Hall–Kier alpha value is -0.260. The van der Waals surface area contributed by atoms with Gasteiger partial charge in [0.25, 0.3) is 0 Å². The van der Waals surface area contributed by atoms with E-state index >= 15 is 0 Å². The van der Waals surface area contributed by atoms with E-state index in [2.05, 4.69) is 5.32 Å². The van der Waals surface area contributed by atoms with E-state index in [9.17, 15) is 4.79 Å². The molecule has 0 rings (SSSR count). The summed E-state index contributed by atoms with van der Waals surface area (Å²) in [5.74, 6) is 1.40. The maximum atomic E-state index is 10.7. The molecule has 0 unspecified atom stereocenters. The molecule has 3 N–H and O–H groups in total. The van der Waals surface area contributed by atoms with E-state index in [-0.39, 0.29) is 5.91 Å². The van der Waals surface area contributed by atoms with E-state index < -0.39 is 0 Å². The molecule has 5 heteroatoms. The lowest BCUT2D eigenvalue weighted by Crippen LogP contribution is -2.20. The molecule has 0 aromatic heterocycles. The highest BCUT2D eigenvalue weighted by molar-refractivity contribution is 7.99. The van der Waals surface area contributed by atoms with Crippen LogP contribution in [0, 0.1) is 0 Å². The Balaban J connectivity index is 2.95. The molecule has 72 valence electrons. The van der Waals surface area contributed by atoms with Gasteiger partial charge >= 0.3 is 0 Å². The summed E-state index contributed by atoms with van der Waals surface area (Å²) in [6.45, 7) is 1.82. The molecule has 0 saturated carbocycles. The number of hydrogen-bond acceptors (Lipinski definition) is 4. The number of amides is 1. The zero-order valence-corrected chi connectivity index (χ0v) is 8.15. The topological polar surface area (TPSA) is 64.3 Å². The Kier molecular flexibility index (Phi) is 8.64. The van der Waals surface area contributed by atoms with Gasteiger partial charge in [-0.15, -0.1) is 11.8 Å². The van der Waals surface area contributed by atoms with Crippen molar-refractivity contribution in [3.8, 4) is 0 Å². The third-order valence-electron chi connectivity index (χ3n) is 1.15. The van der Waals surface area contributed by atoms with Gasteiger partial charge in [0.05, 0.1) is 19.0 Å². The Morgan fingerprint density at radius 1 is 1.58 bits per heavy atom. The van der Waals surface area contributed by atoms with Crippen LogP contribution in [0.5, 0.6) is 0 Å². The number of ether oxygens (including phenoxy) is 1. The first-order valence-corrected chi connectivity index (χ1v) is 5.03. The van der Waals surface area contributed by atoms with Gasteiger partial charge in [0.1, 0.15) is 0 Å². The van der Waals surface area contributed by atoms with Crippen molar-refractivity contribution in [1.82, 2.24) is 5.32 Å². The third kappa shape index (κ3) is 7.84. The van der Waals surface area contributed by atoms with Gasteiger partial charge in [0, 0.05) is 19.3 Å². The van der Waals surface area contributed by atoms with Crippen LogP contribution >= 0.6 is 11.8 Å². The van der Waals surface area contributed by atoms with Crippen LogP contribution in [0.3, 0.4) is 0 Å². The molecule has 0 fully saturated rings. The van der Waals surface area contributed by atoms with Crippen LogP contribution in [0.25, 0.3) is 0 Å². The van der Waals surface area contributed by atoms with Crippen LogP contribution in [0.1, 0.15) is 0 Å². The highest BCUT2D eigenvalue weighted by atomic mass is 32.2. The van der Waals surface area contributed by atoms with Crippen LogP contribution in [-0.2, 0) is 9.53 Å². The molecule has 0 radical (unpaired) electrons. The van der Waals surface area contributed by atoms with E-state index in [1.54, 1.807) is 18.8 Å². The van der Waals surface area contributed by atoms with Crippen LogP contribution in [-0.4, -0.2) is 44.2 Å². The molecule has 0 aliphatic rings. The number of carbonyl (C=O) groups is 1. The quantitative estimate of drug-likeness (QED) is 0.531. The lowest BCUT2D eigenvalue weighted by molar-refractivity contribution is -0.118. The molecular formula is C7H16N2O2S.